The van der Waals surface area contributed by atoms with Crippen LogP contribution in [0.5, 0.6) is 0 Å². The van der Waals surface area contributed by atoms with Crippen molar-refractivity contribution in [1.82, 2.24) is 0 Å². The minimum absolute atomic E-state index is 1.14. The van der Waals surface area contributed by atoms with Crippen LogP contribution in [-0.4, -0.2) is 22.3 Å². The summed E-state index contributed by atoms with van der Waals surface area (Å²) in [6.45, 7) is -1.49. The molecule has 0 amide bonds. The van der Waals surface area contributed by atoms with E-state index in [9.17, 15) is 4.79 Å². The Morgan fingerprint density at radius 1 is 1.88 bits per heavy atom. The van der Waals surface area contributed by atoms with Crippen molar-refractivity contribution < 1.29 is 19.1 Å². The summed E-state index contributed by atoms with van der Waals surface area (Å²) in [5.41, 5.74) is 0. The largest absolute Gasteiger partial charge is 0.481 e. The highest BCUT2D eigenvalue weighted by Gasteiger charge is 2.15. The van der Waals surface area contributed by atoms with Gasteiger partial charge in [-0.15, -0.1) is 0 Å². The molecule has 0 aromatic heterocycles. The highest BCUT2D eigenvalue weighted by molar-refractivity contribution is 5.70. The van der Waals surface area contributed by atoms with Gasteiger partial charge in [0.15, 0.2) is 0 Å². The van der Waals surface area contributed by atoms with Crippen molar-refractivity contribution in [3.8, 4) is 0 Å². The molecule has 0 spiro atoms. The van der Waals surface area contributed by atoms with Gasteiger partial charge in [-0.25, -0.2) is 0 Å². The summed E-state index contributed by atoms with van der Waals surface area (Å²) in [5, 5.41) is 17.1. The van der Waals surface area contributed by atoms with E-state index in [1.54, 1.807) is 0 Å². The van der Waals surface area contributed by atoms with E-state index in [1.807, 2.05) is 0 Å². The second-order valence-corrected chi connectivity index (χ2v) is 1.56. The SMILES string of the molecule is [2H]C([2H])([2H])[C@H](C(=O)O)[C@H](C)O. The molecule has 3 heteroatoms. The predicted octanol–water partition coefficient (Wildman–Crippen LogP) is 0.0879. The number of carboxylic acid groups (broad SMARTS) is 1. The lowest BCUT2D eigenvalue weighted by Crippen LogP contribution is -2.21. The molecular weight excluding hydrogens is 108 g/mol. The molecule has 0 aromatic carbocycles. The van der Waals surface area contributed by atoms with E-state index in [1.165, 1.54) is 0 Å². The topological polar surface area (TPSA) is 57.5 Å². The molecular formula is C5H10O3. The number of hydrogen-bond donors (Lipinski definition) is 2. The number of rotatable bonds is 2. The number of carboxylic acids is 1. The molecule has 0 aliphatic rings. The van der Waals surface area contributed by atoms with Gasteiger partial charge in [0.25, 0.3) is 0 Å². The Labute approximate surface area is 52.2 Å². The molecule has 0 radical (unpaired) electrons. The Hall–Kier alpha value is -0.570. The average molecular weight is 121 g/mol. The van der Waals surface area contributed by atoms with Crippen LogP contribution >= 0.6 is 0 Å². The fourth-order valence-electron chi connectivity index (χ4n) is 0.206. The van der Waals surface area contributed by atoms with Gasteiger partial charge in [0.2, 0.25) is 0 Å². The van der Waals surface area contributed by atoms with Crippen LogP contribution in [0.15, 0.2) is 0 Å². The van der Waals surface area contributed by atoms with Gasteiger partial charge in [-0.2, -0.15) is 0 Å². The first-order valence-electron chi connectivity index (χ1n) is 3.67. The Kier molecular flexibility index (Phi) is 1.15. The quantitative estimate of drug-likeness (QED) is 0.544. The minimum Gasteiger partial charge on any atom is -0.481 e. The van der Waals surface area contributed by atoms with Crippen molar-refractivity contribution >= 4 is 5.97 Å². The molecule has 0 fully saturated rings. The summed E-state index contributed by atoms with van der Waals surface area (Å²) in [5.74, 6) is -3.19. The monoisotopic (exact) mass is 121 g/mol. The Bertz CT molecular complexity index is 152. The summed E-state index contributed by atoms with van der Waals surface area (Å²) in [7, 11) is 0. The van der Waals surface area contributed by atoms with Crippen LogP contribution in [0.25, 0.3) is 0 Å². The molecule has 2 atom stereocenters. The van der Waals surface area contributed by atoms with Crippen LogP contribution in [0, 0.1) is 5.92 Å². The van der Waals surface area contributed by atoms with Crippen LogP contribution in [-0.2, 0) is 4.79 Å². The molecule has 0 heterocycles. The average Bonchev–Trinajstić information content (AvgIpc) is 1.54. The highest BCUT2D eigenvalue weighted by Crippen LogP contribution is 1.99. The molecule has 3 nitrogen and oxygen atoms in total. The van der Waals surface area contributed by atoms with Crippen molar-refractivity contribution in [2.75, 3.05) is 0 Å². The highest BCUT2D eigenvalue weighted by atomic mass is 16.4. The van der Waals surface area contributed by atoms with E-state index >= 15 is 0 Å². The Balaban J connectivity index is 4.49. The van der Waals surface area contributed by atoms with Gasteiger partial charge in [-0.3, -0.25) is 4.79 Å². The number of carbonyl (C=O) groups is 1. The minimum atomic E-state index is -2.64. The van der Waals surface area contributed by atoms with Gasteiger partial charge in [0, 0.05) is 4.11 Å². The lowest BCUT2D eigenvalue weighted by molar-refractivity contribution is -0.144. The zero-order chi connectivity index (χ0) is 9.23. The molecule has 0 aromatic rings. The fourth-order valence-corrected chi connectivity index (χ4v) is 0.206. The van der Waals surface area contributed by atoms with E-state index in [4.69, 9.17) is 14.3 Å². The maximum atomic E-state index is 10.3. The molecule has 0 aliphatic carbocycles. The Morgan fingerprint density at radius 3 is 2.38 bits per heavy atom. The lowest BCUT2D eigenvalue weighted by Gasteiger charge is -2.06. The number of hydrogen-bond acceptors (Lipinski definition) is 2. The van der Waals surface area contributed by atoms with Gasteiger partial charge in [-0.05, 0) is 13.8 Å². The molecule has 0 aliphatic heterocycles. The number of aliphatic hydroxyl groups excluding tert-OH is 1. The lowest BCUT2D eigenvalue weighted by atomic mass is 10.1. The predicted molar refractivity (Wildman–Crippen MR) is 28.5 cm³/mol. The normalized spacial score (nSPS) is 24.5. The maximum absolute atomic E-state index is 10.3. The van der Waals surface area contributed by atoms with Crippen LogP contribution in [0.4, 0.5) is 0 Å². The molecule has 48 valence electrons. The van der Waals surface area contributed by atoms with Crippen LogP contribution in [0.3, 0.4) is 0 Å². The summed E-state index contributed by atoms with van der Waals surface area (Å²) in [6, 6.07) is 0. The van der Waals surface area contributed by atoms with Crippen molar-refractivity contribution in [3.63, 3.8) is 0 Å². The fraction of sp³-hybridized carbons (Fsp3) is 0.800. The third-order valence-corrected chi connectivity index (χ3v) is 0.748. The first kappa shape index (κ1) is 3.45. The standard InChI is InChI=1S/C5H10O3/c1-3(4(2)6)5(7)8/h3-4,6H,1-2H3,(H,7,8)/t3-,4-/m0/s1/i1D3. The maximum Gasteiger partial charge on any atom is 0.308 e. The molecule has 0 saturated heterocycles. The summed E-state index contributed by atoms with van der Waals surface area (Å²) in [6.07, 6.45) is -1.36. The molecule has 8 heavy (non-hydrogen) atoms. The van der Waals surface area contributed by atoms with E-state index in [0.717, 1.165) is 6.92 Å². The van der Waals surface area contributed by atoms with Gasteiger partial charge in [0.1, 0.15) is 0 Å². The van der Waals surface area contributed by atoms with Gasteiger partial charge < -0.3 is 10.2 Å². The third kappa shape index (κ3) is 1.93. The van der Waals surface area contributed by atoms with Crippen LogP contribution in [0.1, 0.15) is 17.9 Å². The van der Waals surface area contributed by atoms with Crippen LogP contribution < -0.4 is 0 Å². The van der Waals surface area contributed by atoms with Crippen molar-refractivity contribution in [1.29, 1.82) is 0 Å². The van der Waals surface area contributed by atoms with Gasteiger partial charge in [-0.1, -0.05) is 0 Å². The molecule has 0 saturated carbocycles. The van der Waals surface area contributed by atoms with Gasteiger partial charge >= 0.3 is 5.97 Å². The second-order valence-electron chi connectivity index (χ2n) is 1.56. The molecule has 2 N–H and O–H groups in total. The summed E-state index contributed by atoms with van der Waals surface area (Å²) < 4.78 is 20.2. The zero-order valence-corrected chi connectivity index (χ0v) is 4.46. The smallest absolute Gasteiger partial charge is 0.308 e. The van der Waals surface area contributed by atoms with Crippen molar-refractivity contribution in [2.45, 2.75) is 19.9 Å². The van der Waals surface area contributed by atoms with E-state index in [0.29, 0.717) is 0 Å². The molecule has 0 unspecified atom stereocenters. The first-order valence-corrected chi connectivity index (χ1v) is 2.17. The number of aliphatic carboxylic acids is 1. The first-order chi connectivity index (χ1) is 4.76. The Morgan fingerprint density at radius 2 is 2.38 bits per heavy atom. The van der Waals surface area contributed by atoms with Crippen molar-refractivity contribution in [2.24, 2.45) is 5.92 Å². The van der Waals surface area contributed by atoms with Gasteiger partial charge in [0.05, 0.1) is 12.0 Å². The van der Waals surface area contributed by atoms with E-state index < -0.39 is 24.8 Å². The summed E-state index contributed by atoms with van der Waals surface area (Å²) in [4.78, 5) is 10.3. The second kappa shape index (κ2) is 2.67. The van der Waals surface area contributed by atoms with E-state index in [-0.39, 0.29) is 0 Å². The third-order valence-electron chi connectivity index (χ3n) is 0.748. The molecule has 0 bridgehead atoms. The van der Waals surface area contributed by atoms with Crippen LogP contribution in [0.2, 0.25) is 0 Å². The zero-order valence-electron chi connectivity index (χ0n) is 7.46. The molecule has 0 rings (SSSR count). The van der Waals surface area contributed by atoms with Crippen molar-refractivity contribution in [3.05, 3.63) is 0 Å². The van der Waals surface area contributed by atoms with E-state index in [2.05, 4.69) is 0 Å². The summed E-state index contributed by atoms with van der Waals surface area (Å²) >= 11 is 0. The number of aliphatic hydroxyl groups is 1.